The van der Waals surface area contributed by atoms with Gasteiger partial charge in [0.25, 0.3) is 11.8 Å². The molecule has 1 saturated carbocycles. The third-order valence-electron chi connectivity index (χ3n) is 9.10. The van der Waals surface area contributed by atoms with Gasteiger partial charge in [0.1, 0.15) is 23.9 Å². The number of aliphatic hydroxyl groups is 1. The van der Waals surface area contributed by atoms with Crippen LogP contribution in [0.15, 0.2) is 81.2 Å². The molecule has 12 heteroatoms. The number of nitrogens with zero attached hydrogens (tertiary/aromatic N) is 2. The third kappa shape index (κ3) is 3.82. The minimum atomic E-state index is -2.10. The van der Waals surface area contributed by atoms with Gasteiger partial charge in [-0.05, 0) is 79.4 Å². The standard InChI is InChI=1S/C31H22BrCl2FN2O6/c32-15-1-5-17(6-2-15)36-26(39)21-11-10-20-22(24(21)27(36)40)13-30(33)28(41)37(18-7-3-16(35)4-8-18)29(42)31(30,34)25(20)23-12-9-19(14-38)43-23/h1-10,12,21-22,24-25,38H,11,13-14H2. The first-order valence-corrected chi connectivity index (χ1v) is 15.1. The normalized spacial score (nSPS) is 31.7. The molecule has 3 heterocycles. The highest BCUT2D eigenvalue weighted by Gasteiger charge is 2.77. The molecular formula is C31H22BrCl2FN2O6. The topological polar surface area (TPSA) is 108 Å². The molecule has 8 nitrogen and oxygen atoms in total. The average molecular weight is 688 g/mol. The van der Waals surface area contributed by atoms with Gasteiger partial charge in [0, 0.05) is 4.47 Å². The molecule has 0 spiro atoms. The Morgan fingerprint density at radius 2 is 1.53 bits per heavy atom. The van der Waals surface area contributed by atoms with Crippen molar-refractivity contribution in [2.45, 2.75) is 35.1 Å². The van der Waals surface area contributed by atoms with Crippen LogP contribution in [0.25, 0.3) is 0 Å². The van der Waals surface area contributed by atoms with E-state index in [0.717, 1.165) is 21.5 Å². The lowest BCUT2D eigenvalue weighted by Crippen LogP contribution is -2.60. The number of imide groups is 2. The molecule has 220 valence electrons. The quantitative estimate of drug-likeness (QED) is 0.222. The van der Waals surface area contributed by atoms with E-state index in [0.29, 0.717) is 11.3 Å². The number of aliphatic hydroxyl groups excluding tert-OH is 1. The Balaban J connectivity index is 1.38. The van der Waals surface area contributed by atoms with E-state index in [4.69, 9.17) is 27.6 Å². The largest absolute Gasteiger partial charge is 0.463 e. The van der Waals surface area contributed by atoms with E-state index < -0.39 is 63.6 Å². The Kier molecular flexibility index (Phi) is 6.52. The summed E-state index contributed by atoms with van der Waals surface area (Å²) in [6.45, 7) is -0.426. The number of hydrogen-bond acceptors (Lipinski definition) is 6. The summed E-state index contributed by atoms with van der Waals surface area (Å²) >= 11 is 17.9. The fourth-order valence-corrected chi connectivity index (χ4v) is 8.37. The van der Waals surface area contributed by atoms with Crippen molar-refractivity contribution in [3.05, 3.63) is 94.1 Å². The molecule has 1 aromatic heterocycles. The smallest absolute Gasteiger partial charge is 0.258 e. The van der Waals surface area contributed by atoms with Crippen LogP contribution in [0.5, 0.6) is 0 Å². The maximum atomic E-state index is 14.2. The van der Waals surface area contributed by atoms with Crippen molar-refractivity contribution in [1.29, 1.82) is 0 Å². The number of fused-ring (bicyclic) bond motifs is 4. The lowest BCUT2D eigenvalue weighted by atomic mass is 9.57. The summed E-state index contributed by atoms with van der Waals surface area (Å²) in [5, 5.41) is 9.71. The number of furan rings is 1. The second-order valence-electron chi connectivity index (χ2n) is 11.2. The molecular weight excluding hydrogens is 666 g/mol. The van der Waals surface area contributed by atoms with E-state index in [2.05, 4.69) is 15.9 Å². The van der Waals surface area contributed by atoms with E-state index in [1.807, 2.05) is 0 Å². The highest BCUT2D eigenvalue weighted by atomic mass is 79.9. The monoisotopic (exact) mass is 686 g/mol. The Bertz CT molecular complexity index is 1740. The van der Waals surface area contributed by atoms with Gasteiger partial charge in [-0.1, -0.05) is 27.6 Å². The Morgan fingerprint density at radius 3 is 2.19 bits per heavy atom. The predicted molar refractivity (Wildman–Crippen MR) is 158 cm³/mol. The van der Waals surface area contributed by atoms with Crippen LogP contribution in [0.2, 0.25) is 0 Å². The number of anilines is 2. The first kappa shape index (κ1) is 28.5. The number of allylic oxidation sites excluding steroid dienone is 2. The molecule has 6 unspecified atom stereocenters. The van der Waals surface area contributed by atoms with Crippen LogP contribution in [-0.2, 0) is 25.8 Å². The summed E-state index contributed by atoms with van der Waals surface area (Å²) in [5.41, 5.74) is 1.07. The zero-order valence-corrected chi connectivity index (χ0v) is 25.3. The van der Waals surface area contributed by atoms with Crippen molar-refractivity contribution in [2.24, 2.45) is 17.8 Å². The van der Waals surface area contributed by atoms with Gasteiger partial charge in [0.15, 0.2) is 9.75 Å². The summed E-state index contributed by atoms with van der Waals surface area (Å²) in [6, 6.07) is 14.7. The van der Waals surface area contributed by atoms with E-state index in [-0.39, 0.29) is 36.0 Å². The minimum Gasteiger partial charge on any atom is -0.463 e. The van der Waals surface area contributed by atoms with Crippen molar-refractivity contribution < 1.29 is 33.1 Å². The van der Waals surface area contributed by atoms with E-state index in [1.165, 1.54) is 23.1 Å². The molecule has 2 saturated heterocycles. The molecule has 4 amide bonds. The lowest BCUT2D eigenvalue weighted by Gasteiger charge is -2.49. The summed E-state index contributed by atoms with van der Waals surface area (Å²) in [5.74, 6) is -6.04. The summed E-state index contributed by atoms with van der Waals surface area (Å²) in [7, 11) is 0. The number of carbonyl (C=O) groups excluding carboxylic acids is 4. The van der Waals surface area contributed by atoms with Gasteiger partial charge in [0.2, 0.25) is 11.8 Å². The third-order valence-corrected chi connectivity index (χ3v) is 11.0. The van der Waals surface area contributed by atoms with Crippen LogP contribution < -0.4 is 9.80 Å². The first-order chi connectivity index (χ1) is 20.5. The zero-order valence-electron chi connectivity index (χ0n) is 22.2. The lowest BCUT2D eigenvalue weighted by molar-refractivity contribution is -0.125. The van der Waals surface area contributed by atoms with Gasteiger partial charge < -0.3 is 9.52 Å². The maximum absolute atomic E-state index is 14.2. The highest BCUT2D eigenvalue weighted by Crippen LogP contribution is 2.66. The fraction of sp³-hybridized carbons (Fsp3) is 0.290. The first-order valence-electron chi connectivity index (χ1n) is 13.6. The second-order valence-corrected chi connectivity index (χ2v) is 13.4. The van der Waals surface area contributed by atoms with Crippen LogP contribution >= 0.6 is 39.1 Å². The van der Waals surface area contributed by atoms with E-state index >= 15 is 0 Å². The molecule has 4 aliphatic rings. The summed E-state index contributed by atoms with van der Waals surface area (Å²) in [4.78, 5) is 54.0. The predicted octanol–water partition coefficient (Wildman–Crippen LogP) is 5.44. The summed E-state index contributed by atoms with van der Waals surface area (Å²) in [6.07, 6.45) is 1.79. The number of benzene rings is 2. The molecule has 3 aromatic rings. The molecule has 43 heavy (non-hydrogen) atoms. The molecule has 2 aliphatic heterocycles. The van der Waals surface area contributed by atoms with Gasteiger partial charge in [0.05, 0.1) is 29.1 Å². The van der Waals surface area contributed by atoms with Gasteiger partial charge in [-0.25, -0.2) is 9.29 Å². The van der Waals surface area contributed by atoms with Crippen molar-refractivity contribution in [3.8, 4) is 0 Å². The van der Waals surface area contributed by atoms with Crippen LogP contribution in [0.3, 0.4) is 0 Å². The Morgan fingerprint density at radius 1 is 0.884 bits per heavy atom. The fourth-order valence-electron chi connectivity index (χ4n) is 7.19. The van der Waals surface area contributed by atoms with Crippen LogP contribution in [0.4, 0.5) is 15.8 Å². The number of alkyl halides is 2. The number of hydrogen-bond donors (Lipinski definition) is 1. The number of amides is 4. The molecule has 3 fully saturated rings. The van der Waals surface area contributed by atoms with Crippen LogP contribution in [0, 0.1) is 23.6 Å². The second kappa shape index (κ2) is 9.85. The summed E-state index contributed by atoms with van der Waals surface area (Å²) < 4.78 is 20.4. The molecule has 1 N–H and O–H groups in total. The van der Waals surface area contributed by atoms with Crippen LogP contribution in [0.1, 0.15) is 30.3 Å². The molecule has 7 rings (SSSR count). The van der Waals surface area contributed by atoms with E-state index in [1.54, 1.807) is 36.4 Å². The van der Waals surface area contributed by atoms with Crippen molar-refractivity contribution in [3.63, 3.8) is 0 Å². The number of carbonyl (C=O) groups is 4. The molecule has 0 bridgehead atoms. The van der Waals surface area contributed by atoms with Crippen molar-refractivity contribution in [1.82, 2.24) is 0 Å². The van der Waals surface area contributed by atoms with Gasteiger partial charge in [-0.15, -0.1) is 23.2 Å². The zero-order chi connectivity index (χ0) is 30.4. The van der Waals surface area contributed by atoms with E-state index in [9.17, 15) is 28.7 Å². The molecule has 2 aliphatic carbocycles. The van der Waals surface area contributed by atoms with Gasteiger partial charge in [-0.2, -0.15) is 0 Å². The Hall–Kier alpha value is -3.31. The highest BCUT2D eigenvalue weighted by molar-refractivity contribution is 9.10. The SMILES string of the molecule is O=C1C2CC=C3C(CC4(Cl)C(=O)N(c5ccc(F)cc5)C(=O)C4(Cl)C3c3ccc(CO)o3)C2C(=O)N1c1ccc(Br)cc1. The molecule has 2 aromatic carbocycles. The van der Waals surface area contributed by atoms with Crippen molar-refractivity contribution >= 4 is 74.1 Å². The maximum Gasteiger partial charge on any atom is 0.258 e. The number of rotatable bonds is 4. The Labute approximate surface area is 263 Å². The van der Waals surface area contributed by atoms with Crippen LogP contribution in [-0.4, -0.2) is 38.5 Å². The molecule has 6 atom stereocenters. The van der Waals surface area contributed by atoms with Gasteiger partial charge >= 0.3 is 0 Å². The minimum absolute atomic E-state index is 0.0865. The van der Waals surface area contributed by atoms with Gasteiger partial charge in [-0.3, -0.25) is 24.1 Å². The number of halogens is 4. The molecule has 0 radical (unpaired) electrons. The average Bonchev–Trinajstić information content (AvgIpc) is 3.61. The van der Waals surface area contributed by atoms with Crippen molar-refractivity contribution in [2.75, 3.05) is 9.80 Å².